The smallest absolute Gasteiger partial charge is 0.255 e. The van der Waals surface area contributed by atoms with Crippen LogP contribution in [-0.2, 0) is 6.42 Å². The zero-order valence-electron chi connectivity index (χ0n) is 14.5. The van der Waals surface area contributed by atoms with E-state index in [-0.39, 0.29) is 5.91 Å². The van der Waals surface area contributed by atoms with Crippen molar-refractivity contribution >= 4 is 11.6 Å². The Kier molecular flexibility index (Phi) is 5.83. The first-order chi connectivity index (χ1) is 12.3. The Morgan fingerprint density at radius 1 is 1.24 bits per heavy atom. The lowest BCUT2D eigenvalue weighted by Gasteiger charge is -2.32. The number of nitrogens with zero attached hydrogens (tertiary/aromatic N) is 2. The van der Waals surface area contributed by atoms with E-state index >= 15 is 0 Å². The minimum Gasteiger partial charge on any atom is -0.380 e. The van der Waals surface area contributed by atoms with E-state index in [1.807, 2.05) is 11.0 Å². The molecule has 2 heterocycles. The van der Waals surface area contributed by atoms with Crippen LogP contribution in [0.5, 0.6) is 0 Å². The molecular weight excluding hydrogens is 310 g/mol. The van der Waals surface area contributed by atoms with E-state index in [1.165, 1.54) is 5.56 Å². The molecule has 1 N–H and O–H groups in total. The molecule has 130 valence electrons. The topological polar surface area (TPSA) is 45.2 Å². The zero-order chi connectivity index (χ0) is 17.5. The van der Waals surface area contributed by atoms with Gasteiger partial charge in [-0.25, -0.2) is 0 Å². The van der Waals surface area contributed by atoms with Gasteiger partial charge >= 0.3 is 0 Å². The number of likely N-dealkylation sites (tertiary alicyclic amines) is 1. The summed E-state index contributed by atoms with van der Waals surface area (Å²) in [6.07, 6.45) is 8.38. The van der Waals surface area contributed by atoms with Gasteiger partial charge in [-0.2, -0.15) is 0 Å². The minimum atomic E-state index is 0.0768. The molecule has 1 aromatic heterocycles. The van der Waals surface area contributed by atoms with Crippen LogP contribution >= 0.6 is 0 Å². The predicted molar refractivity (Wildman–Crippen MR) is 102 cm³/mol. The fraction of sp³-hybridized carbons (Fsp3) is 0.333. The monoisotopic (exact) mass is 335 g/mol. The molecule has 0 spiro atoms. The average Bonchev–Trinajstić information content (AvgIpc) is 2.67. The highest BCUT2D eigenvalue weighted by atomic mass is 16.2. The van der Waals surface area contributed by atoms with Crippen molar-refractivity contribution in [3.05, 3.63) is 72.6 Å². The number of pyridine rings is 1. The molecule has 1 aliphatic rings. The fourth-order valence-corrected chi connectivity index (χ4v) is 3.31. The third kappa shape index (κ3) is 4.69. The molecule has 1 fully saturated rings. The first kappa shape index (κ1) is 17.2. The number of piperidine rings is 1. The van der Waals surface area contributed by atoms with Gasteiger partial charge in [-0.1, -0.05) is 36.4 Å². The van der Waals surface area contributed by atoms with E-state index in [0.29, 0.717) is 18.0 Å². The number of hydrogen-bond acceptors (Lipinski definition) is 3. The SMILES string of the molecule is C=CCNc1cncc(C(=O)N2CCC(Cc3ccccc3)CC2)c1. The molecule has 1 aromatic carbocycles. The molecule has 4 heteroatoms. The van der Waals surface area contributed by atoms with Crippen molar-refractivity contribution < 1.29 is 4.79 Å². The summed E-state index contributed by atoms with van der Waals surface area (Å²) in [5.74, 6) is 0.734. The lowest BCUT2D eigenvalue weighted by Crippen LogP contribution is -2.39. The van der Waals surface area contributed by atoms with Crippen molar-refractivity contribution in [2.45, 2.75) is 19.3 Å². The molecule has 1 saturated heterocycles. The van der Waals surface area contributed by atoms with Crippen molar-refractivity contribution in [3.8, 4) is 0 Å². The lowest BCUT2D eigenvalue weighted by molar-refractivity contribution is 0.0690. The van der Waals surface area contributed by atoms with Crippen LogP contribution in [0.15, 0.2) is 61.4 Å². The number of rotatable bonds is 6. The van der Waals surface area contributed by atoms with Gasteiger partial charge in [0.2, 0.25) is 0 Å². The van der Waals surface area contributed by atoms with Crippen molar-refractivity contribution in [1.82, 2.24) is 9.88 Å². The van der Waals surface area contributed by atoms with E-state index in [9.17, 15) is 4.79 Å². The second kappa shape index (κ2) is 8.47. The van der Waals surface area contributed by atoms with Gasteiger partial charge in [-0.05, 0) is 36.8 Å². The van der Waals surface area contributed by atoms with Crippen molar-refractivity contribution in [2.24, 2.45) is 5.92 Å². The minimum absolute atomic E-state index is 0.0768. The summed E-state index contributed by atoms with van der Waals surface area (Å²) in [5.41, 5.74) is 2.89. The molecule has 1 aliphatic heterocycles. The van der Waals surface area contributed by atoms with Gasteiger partial charge in [0.1, 0.15) is 0 Å². The van der Waals surface area contributed by atoms with Crippen LogP contribution in [0.1, 0.15) is 28.8 Å². The normalized spacial score (nSPS) is 15.0. The highest BCUT2D eigenvalue weighted by Crippen LogP contribution is 2.23. The average molecular weight is 335 g/mol. The van der Waals surface area contributed by atoms with Gasteiger partial charge in [0.05, 0.1) is 11.3 Å². The summed E-state index contributed by atoms with van der Waals surface area (Å²) >= 11 is 0. The third-order valence-electron chi connectivity index (χ3n) is 4.70. The number of carbonyl (C=O) groups is 1. The highest BCUT2D eigenvalue weighted by molar-refractivity contribution is 5.94. The van der Waals surface area contributed by atoms with Crippen LogP contribution in [0.3, 0.4) is 0 Å². The summed E-state index contributed by atoms with van der Waals surface area (Å²) in [5, 5.41) is 3.18. The van der Waals surface area contributed by atoms with Crippen molar-refractivity contribution in [1.29, 1.82) is 0 Å². The van der Waals surface area contributed by atoms with E-state index in [1.54, 1.807) is 18.5 Å². The van der Waals surface area contributed by atoms with E-state index in [4.69, 9.17) is 0 Å². The van der Waals surface area contributed by atoms with Gasteiger partial charge in [0.25, 0.3) is 5.91 Å². The summed E-state index contributed by atoms with van der Waals surface area (Å²) in [7, 11) is 0. The van der Waals surface area contributed by atoms with Gasteiger partial charge in [-0.3, -0.25) is 9.78 Å². The Bertz CT molecular complexity index is 706. The molecule has 0 saturated carbocycles. The number of nitrogens with one attached hydrogen (secondary N) is 1. The number of hydrogen-bond donors (Lipinski definition) is 1. The third-order valence-corrected chi connectivity index (χ3v) is 4.70. The Balaban J connectivity index is 1.55. The molecule has 1 amide bonds. The molecule has 25 heavy (non-hydrogen) atoms. The van der Waals surface area contributed by atoms with Gasteiger partial charge in [-0.15, -0.1) is 6.58 Å². The summed E-state index contributed by atoms with van der Waals surface area (Å²) in [6.45, 7) is 5.98. The summed E-state index contributed by atoms with van der Waals surface area (Å²) in [4.78, 5) is 18.9. The molecule has 4 nitrogen and oxygen atoms in total. The van der Waals surface area contributed by atoms with Gasteiger partial charge < -0.3 is 10.2 Å². The number of carbonyl (C=O) groups excluding carboxylic acids is 1. The standard InChI is InChI=1S/C21H25N3O/c1-2-10-23-20-14-19(15-22-16-20)21(25)24-11-8-18(9-12-24)13-17-6-4-3-5-7-17/h2-7,14-16,18,23H,1,8-13H2. The first-order valence-electron chi connectivity index (χ1n) is 8.89. The number of aromatic nitrogens is 1. The molecule has 3 rings (SSSR count). The molecule has 0 unspecified atom stereocenters. The molecule has 0 atom stereocenters. The van der Waals surface area contributed by atoms with Crippen molar-refractivity contribution in [3.63, 3.8) is 0 Å². The molecule has 0 bridgehead atoms. The Labute approximate surface area is 149 Å². The van der Waals surface area contributed by atoms with E-state index < -0.39 is 0 Å². The fourth-order valence-electron chi connectivity index (χ4n) is 3.31. The van der Waals surface area contributed by atoms with Crippen LogP contribution in [0.25, 0.3) is 0 Å². The molecular formula is C21H25N3O. The van der Waals surface area contributed by atoms with E-state index in [0.717, 1.165) is 38.0 Å². The molecule has 0 radical (unpaired) electrons. The van der Waals surface area contributed by atoms with Crippen LogP contribution in [0.4, 0.5) is 5.69 Å². The van der Waals surface area contributed by atoms with Crippen LogP contribution in [0.2, 0.25) is 0 Å². The molecule has 0 aliphatic carbocycles. The summed E-state index contributed by atoms with van der Waals surface area (Å²) < 4.78 is 0. The first-order valence-corrected chi connectivity index (χ1v) is 8.89. The van der Waals surface area contributed by atoms with Crippen molar-refractivity contribution in [2.75, 3.05) is 25.0 Å². The Morgan fingerprint density at radius 2 is 2.00 bits per heavy atom. The lowest BCUT2D eigenvalue weighted by atomic mass is 9.90. The Hall–Kier alpha value is -2.62. The molecule has 2 aromatic rings. The maximum absolute atomic E-state index is 12.7. The largest absolute Gasteiger partial charge is 0.380 e. The summed E-state index contributed by atoms with van der Waals surface area (Å²) in [6, 6.07) is 12.5. The van der Waals surface area contributed by atoms with Crippen LogP contribution in [-0.4, -0.2) is 35.4 Å². The van der Waals surface area contributed by atoms with Crippen LogP contribution in [0, 0.1) is 5.92 Å². The predicted octanol–water partition coefficient (Wildman–Crippen LogP) is 3.77. The quantitative estimate of drug-likeness (QED) is 0.817. The zero-order valence-corrected chi connectivity index (χ0v) is 14.5. The number of benzene rings is 1. The number of anilines is 1. The maximum Gasteiger partial charge on any atom is 0.255 e. The second-order valence-corrected chi connectivity index (χ2v) is 6.56. The van der Waals surface area contributed by atoms with Gasteiger partial charge in [0.15, 0.2) is 0 Å². The van der Waals surface area contributed by atoms with Gasteiger partial charge in [0, 0.05) is 32.0 Å². The Morgan fingerprint density at radius 3 is 2.72 bits per heavy atom. The number of amides is 1. The maximum atomic E-state index is 12.7. The second-order valence-electron chi connectivity index (χ2n) is 6.56. The van der Waals surface area contributed by atoms with Crippen LogP contribution < -0.4 is 5.32 Å². The van der Waals surface area contributed by atoms with E-state index in [2.05, 4.69) is 47.2 Å². The highest BCUT2D eigenvalue weighted by Gasteiger charge is 2.24.